The number of ether oxygens (including phenoxy) is 3. The van der Waals surface area contributed by atoms with Crippen molar-refractivity contribution < 1.29 is 19.0 Å². The second-order valence-corrected chi connectivity index (χ2v) is 4.81. The molecule has 0 bridgehead atoms. The molecule has 128 valence electrons. The highest BCUT2D eigenvalue weighted by molar-refractivity contribution is 5.69. The molecule has 0 fully saturated rings. The second kappa shape index (κ2) is 16.2. The molecule has 4 heteroatoms. The molecule has 22 heavy (non-hydrogen) atoms. The Morgan fingerprint density at radius 1 is 0.909 bits per heavy atom. The standard InChI is InChI=1S/C18H32O4/c1-4-20-17(19)15-13-11-9-7-8-10-12-14-16-18(21-5-2)22-6-3/h7-8,12,14,18H,4-6,9-11,13,15-16H2,1-3H3/b8-7-,14-12-. The van der Waals surface area contributed by atoms with Crippen LogP contribution in [0.2, 0.25) is 0 Å². The molecule has 0 N–H and O–H groups in total. The molecule has 0 heterocycles. The van der Waals surface area contributed by atoms with E-state index in [1.807, 2.05) is 20.8 Å². The van der Waals surface area contributed by atoms with Crippen LogP contribution in [0.25, 0.3) is 0 Å². The summed E-state index contributed by atoms with van der Waals surface area (Å²) in [6.07, 6.45) is 13.6. The second-order valence-electron chi connectivity index (χ2n) is 4.81. The van der Waals surface area contributed by atoms with E-state index in [4.69, 9.17) is 14.2 Å². The van der Waals surface area contributed by atoms with Crippen molar-refractivity contribution in [2.45, 2.75) is 65.6 Å². The molecule has 0 saturated heterocycles. The third kappa shape index (κ3) is 13.8. The lowest BCUT2D eigenvalue weighted by Crippen LogP contribution is -2.16. The van der Waals surface area contributed by atoms with E-state index in [2.05, 4.69) is 24.3 Å². The van der Waals surface area contributed by atoms with Crippen LogP contribution < -0.4 is 0 Å². The third-order valence-electron chi connectivity index (χ3n) is 2.95. The average Bonchev–Trinajstić information content (AvgIpc) is 2.49. The Bertz CT molecular complexity index is 304. The normalized spacial score (nSPS) is 11.8. The van der Waals surface area contributed by atoms with Crippen LogP contribution in [0.4, 0.5) is 0 Å². The molecule has 0 radical (unpaired) electrons. The molecule has 0 aliphatic carbocycles. The van der Waals surface area contributed by atoms with Gasteiger partial charge in [-0.3, -0.25) is 4.79 Å². The first-order chi connectivity index (χ1) is 10.7. The summed E-state index contributed by atoms with van der Waals surface area (Å²) in [5.74, 6) is -0.0902. The molecular weight excluding hydrogens is 280 g/mol. The van der Waals surface area contributed by atoms with Gasteiger partial charge in [0.2, 0.25) is 0 Å². The van der Waals surface area contributed by atoms with Crippen LogP contribution in [-0.4, -0.2) is 32.1 Å². The molecule has 0 atom stereocenters. The highest BCUT2D eigenvalue weighted by atomic mass is 16.7. The van der Waals surface area contributed by atoms with E-state index in [0.717, 1.165) is 32.1 Å². The Morgan fingerprint density at radius 2 is 1.59 bits per heavy atom. The first-order valence-electron chi connectivity index (χ1n) is 8.43. The van der Waals surface area contributed by atoms with Gasteiger partial charge in [0.15, 0.2) is 6.29 Å². The molecule has 4 nitrogen and oxygen atoms in total. The van der Waals surface area contributed by atoms with Gasteiger partial charge in [-0.1, -0.05) is 24.3 Å². The Balaban J connectivity index is 3.56. The summed E-state index contributed by atoms with van der Waals surface area (Å²) < 4.78 is 15.8. The van der Waals surface area contributed by atoms with Crippen molar-refractivity contribution in [2.75, 3.05) is 19.8 Å². The maximum Gasteiger partial charge on any atom is 0.305 e. The summed E-state index contributed by atoms with van der Waals surface area (Å²) in [7, 11) is 0. The van der Waals surface area contributed by atoms with Gasteiger partial charge in [0, 0.05) is 26.1 Å². The van der Waals surface area contributed by atoms with E-state index in [1.54, 1.807) is 0 Å². The summed E-state index contributed by atoms with van der Waals surface area (Å²) in [6.45, 7) is 7.59. The molecule has 0 aliphatic heterocycles. The molecule has 0 aliphatic rings. The van der Waals surface area contributed by atoms with Crippen LogP contribution in [0, 0.1) is 0 Å². The van der Waals surface area contributed by atoms with Crippen molar-refractivity contribution in [3.05, 3.63) is 24.3 Å². The largest absolute Gasteiger partial charge is 0.466 e. The lowest BCUT2D eigenvalue weighted by atomic mass is 10.2. The fraction of sp³-hybridized carbons (Fsp3) is 0.722. The summed E-state index contributed by atoms with van der Waals surface area (Å²) in [5.41, 5.74) is 0. The minimum atomic E-state index is -0.127. The van der Waals surface area contributed by atoms with Gasteiger partial charge >= 0.3 is 5.97 Å². The third-order valence-corrected chi connectivity index (χ3v) is 2.95. The van der Waals surface area contributed by atoms with Crippen LogP contribution in [0.1, 0.15) is 59.3 Å². The minimum absolute atomic E-state index is 0.0902. The van der Waals surface area contributed by atoms with Crippen LogP contribution in [-0.2, 0) is 19.0 Å². The SMILES string of the molecule is CCOC(=O)CCCC/C=C\C/C=C\CC(OCC)OCC. The van der Waals surface area contributed by atoms with Gasteiger partial charge in [-0.2, -0.15) is 0 Å². The maximum absolute atomic E-state index is 11.1. The zero-order chi connectivity index (χ0) is 16.5. The molecule has 0 aromatic rings. The number of unbranched alkanes of at least 4 members (excludes halogenated alkanes) is 2. The predicted molar refractivity (Wildman–Crippen MR) is 89.7 cm³/mol. The Morgan fingerprint density at radius 3 is 2.23 bits per heavy atom. The molecule has 0 rings (SSSR count). The van der Waals surface area contributed by atoms with Crippen molar-refractivity contribution in [3.8, 4) is 0 Å². The lowest BCUT2D eigenvalue weighted by molar-refractivity contribution is -0.143. The predicted octanol–water partition coefficient (Wildman–Crippen LogP) is 4.40. The Hall–Kier alpha value is -1.13. The highest BCUT2D eigenvalue weighted by Gasteiger charge is 2.03. The zero-order valence-electron chi connectivity index (χ0n) is 14.4. The fourth-order valence-corrected chi connectivity index (χ4v) is 1.92. The van der Waals surface area contributed by atoms with Crippen LogP contribution in [0.5, 0.6) is 0 Å². The monoisotopic (exact) mass is 312 g/mol. The maximum atomic E-state index is 11.1. The number of carbonyl (C=O) groups excluding carboxylic acids is 1. The Kier molecular flexibility index (Phi) is 15.4. The topological polar surface area (TPSA) is 44.8 Å². The zero-order valence-corrected chi connectivity index (χ0v) is 14.4. The number of esters is 1. The van der Waals surface area contributed by atoms with Crippen molar-refractivity contribution in [3.63, 3.8) is 0 Å². The molecule has 0 amide bonds. The van der Waals surface area contributed by atoms with E-state index in [1.165, 1.54) is 0 Å². The molecule has 0 aromatic carbocycles. The van der Waals surface area contributed by atoms with Gasteiger partial charge in [0.1, 0.15) is 0 Å². The summed E-state index contributed by atoms with van der Waals surface area (Å²) in [5, 5.41) is 0. The smallest absolute Gasteiger partial charge is 0.305 e. The molecule has 0 spiro atoms. The quantitative estimate of drug-likeness (QED) is 0.206. The van der Waals surface area contributed by atoms with Gasteiger partial charge < -0.3 is 14.2 Å². The van der Waals surface area contributed by atoms with Gasteiger partial charge in [0.25, 0.3) is 0 Å². The molecule has 0 unspecified atom stereocenters. The first kappa shape index (κ1) is 20.9. The average molecular weight is 312 g/mol. The number of rotatable bonds is 14. The number of carbonyl (C=O) groups is 1. The summed E-state index contributed by atoms with van der Waals surface area (Å²) >= 11 is 0. The molecular formula is C18H32O4. The number of hydrogen-bond acceptors (Lipinski definition) is 4. The first-order valence-corrected chi connectivity index (χ1v) is 8.43. The van der Waals surface area contributed by atoms with Gasteiger partial charge in [-0.25, -0.2) is 0 Å². The summed E-state index contributed by atoms with van der Waals surface area (Å²) in [4.78, 5) is 11.1. The number of hydrogen-bond donors (Lipinski definition) is 0. The van der Waals surface area contributed by atoms with Crippen LogP contribution >= 0.6 is 0 Å². The number of allylic oxidation sites excluding steroid dienone is 3. The van der Waals surface area contributed by atoms with Crippen molar-refractivity contribution >= 4 is 5.97 Å². The van der Waals surface area contributed by atoms with Gasteiger partial charge in [0.05, 0.1) is 6.61 Å². The van der Waals surface area contributed by atoms with E-state index < -0.39 is 0 Å². The van der Waals surface area contributed by atoms with Crippen LogP contribution in [0.15, 0.2) is 24.3 Å². The van der Waals surface area contributed by atoms with E-state index in [0.29, 0.717) is 26.2 Å². The lowest BCUT2D eigenvalue weighted by Gasteiger charge is -2.14. The van der Waals surface area contributed by atoms with Crippen LogP contribution in [0.3, 0.4) is 0 Å². The van der Waals surface area contributed by atoms with Gasteiger partial charge in [-0.15, -0.1) is 0 Å². The van der Waals surface area contributed by atoms with E-state index >= 15 is 0 Å². The fourth-order valence-electron chi connectivity index (χ4n) is 1.92. The molecule has 0 aromatic heterocycles. The highest BCUT2D eigenvalue weighted by Crippen LogP contribution is 2.04. The van der Waals surface area contributed by atoms with Crippen molar-refractivity contribution in [1.82, 2.24) is 0 Å². The minimum Gasteiger partial charge on any atom is -0.466 e. The van der Waals surface area contributed by atoms with Gasteiger partial charge in [-0.05, 0) is 46.5 Å². The summed E-state index contributed by atoms with van der Waals surface area (Å²) in [6, 6.07) is 0. The van der Waals surface area contributed by atoms with Crippen molar-refractivity contribution in [2.24, 2.45) is 0 Å². The van der Waals surface area contributed by atoms with Crippen molar-refractivity contribution in [1.29, 1.82) is 0 Å². The van der Waals surface area contributed by atoms with E-state index in [9.17, 15) is 4.79 Å². The Labute approximate surface area is 135 Å². The molecule has 0 saturated carbocycles. The van der Waals surface area contributed by atoms with E-state index in [-0.39, 0.29) is 12.3 Å².